The number of para-hydroxylation sites is 1. The second kappa shape index (κ2) is 9.07. The van der Waals surface area contributed by atoms with Crippen LogP contribution in [0.1, 0.15) is 31.0 Å². The summed E-state index contributed by atoms with van der Waals surface area (Å²) in [4.78, 5) is 30.7. The average Bonchev–Trinajstić information content (AvgIpc) is 3.32. The van der Waals surface area contributed by atoms with Crippen LogP contribution in [0.25, 0.3) is 16.7 Å². The van der Waals surface area contributed by atoms with E-state index in [1.165, 1.54) is 24.1 Å². The van der Waals surface area contributed by atoms with Gasteiger partial charge in [0.25, 0.3) is 11.7 Å². The molecule has 172 valence electrons. The van der Waals surface area contributed by atoms with Gasteiger partial charge in [0.05, 0.1) is 37.0 Å². The van der Waals surface area contributed by atoms with E-state index >= 15 is 0 Å². The van der Waals surface area contributed by atoms with Crippen molar-refractivity contribution >= 4 is 28.4 Å². The number of nitrogens with one attached hydrogen (secondary N) is 1. The molecule has 1 amide bonds. The predicted molar refractivity (Wildman–Crippen MR) is 121 cm³/mol. The summed E-state index contributed by atoms with van der Waals surface area (Å²) < 4.78 is 24.9. The molecule has 0 bridgehead atoms. The van der Waals surface area contributed by atoms with Gasteiger partial charge in [-0.25, -0.2) is 4.39 Å². The number of ether oxygens (including phenoxy) is 2. The van der Waals surface area contributed by atoms with E-state index < -0.39 is 29.3 Å². The summed E-state index contributed by atoms with van der Waals surface area (Å²) in [6, 6.07) is 10.2. The van der Waals surface area contributed by atoms with Crippen LogP contribution in [0.4, 0.5) is 4.39 Å². The molecule has 4 rings (SSSR count). The number of carbonyl (C=O) groups is 2. The second-order valence-corrected chi connectivity index (χ2v) is 8.05. The number of ketones is 1. The van der Waals surface area contributed by atoms with E-state index in [0.29, 0.717) is 5.56 Å². The fourth-order valence-corrected chi connectivity index (χ4v) is 4.15. The van der Waals surface area contributed by atoms with Crippen molar-refractivity contribution in [1.82, 2.24) is 9.88 Å². The van der Waals surface area contributed by atoms with Gasteiger partial charge in [0.1, 0.15) is 17.3 Å². The van der Waals surface area contributed by atoms with Crippen LogP contribution in [-0.2, 0) is 14.3 Å². The van der Waals surface area contributed by atoms with Gasteiger partial charge in [-0.1, -0.05) is 18.2 Å². The Morgan fingerprint density at radius 2 is 1.97 bits per heavy atom. The molecule has 1 atom stereocenters. The molecular formula is C25H25FN2O5. The average molecular weight is 452 g/mol. The Morgan fingerprint density at radius 1 is 1.21 bits per heavy atom. The molecule has 0 saturated carbocycles. The Hall–Kier alpha value is -3.65. The number of likely N-dealkylation sites (tertiary alicyclic amines) is 1. The predicted octanol–water partition coefficient (Wildman–Crippen LogP) is 4.16. The lowest BCUT2D eigenvalue weighted by Crippen LogP contribution is -2.33. The molecule has 0 spiro atoms. The zero-order chi connectivity index (χ0) is 23.7. The number of nitrogens with zero attached hydrogens (tertiary/aromatic N) is 1. The molecule has 2 heterocycles. The van der Waals surface area contributed by atoms with E-state index in [1.54, 1.807) is 6.20 Å². The fourth-order valence-electron chi connectivity index (χ4n) is 4.15. The summed E-state index contributed by atoms with van der Waals surface area (Å²) >= 11 is 0. The zero-order valence-corrected chi connectivity index (χ0v) is 18.6. The standard InChI is InChI=1S/C25H25FN2O5/c1-14(2)33-11-10-28-22(18-13-27-19-7-5-4-6-16(18)19)21(24(30)25(28)31)23(29)17-12-15(26)8-9-20(17)32-3/h4-9,12-14,22,27,29H,10-11H2,1-3H3/b23-21+. The molecule has 1 aliphatic rings. The molecule has 3 aromatic rings. The molecule has 2 aromatic carbocycles. The molecule has 1 fully saturated rings. The van der Waals surface area contributed by atoms with Crippen molar-refractivity contribution in [3.63, 3.8) is 0 Å². The number of Topliss-reactive ketones (excluding diaryl/α,β-unsaturated/α-hetero) is 1. The number of aromatic nitrogens is 1. The number of H-pyrrole nitrogens is 1. The lowest BCUT2D eigenvalue weighted by Gasteiger charge is -2.25. The van der Waals surface area contributed by atoms with Crippen LogP contribution >= 0.6 is 0 Å². The van der Waals surface area contributed by atoms with Gasteiger partial charge in [-0.2, -0.15) is 0 Å². The summed E-state index contributed by atoms with van der Waals surface area (Å²) in [7, 11) is 1.38. The van der Waals surface area contributed by atoms with Crippen LogP contribution < -0.4 is 4.74 Å². The first-order valence-electron chi connectivity index (χ1n) is 10.6. The maximum Gasteiger partial charge on any atom is 0.295 e. The largest absolute Gasteiger partial charge is 0.507 e. The highest BCUT2D eigenvalue weighted by Gasteiger charge is 2.47. The number of amides is 1. The molecule has 1 aromatic heterocycles. The van der Waals surface area contributed by atoms with E-state index in [0.717, 1.165) is 17.0 Å². The number of hydrogen-bond acceptors (Lipinski definition) is 5. The number of rotatable bonds is 7. The number of methoxy groups -OCH3 is 1. The number of aromatic amines is 1. The van der Waals surface area contributed by atoms with Crippen molar-refractivity contribution in [2.75, 3.05) is 20.3 Å². The van der Waals surface area contributed by atoms with E-state index in [1.807, 2.05) is 38.1 Å². The molecule has 33 heavy (non-hydrogen) atoms. The minimum Gasteiger partial charge on any atom is -0.507 e. The van der Waals surface area contributed by atoms with Crippen LogP contribution in [-0.4, -0.2) is 53.0 Å². The Morgan fingerprint density at radius 3 is 2.70 bits per heavy atom. The summed E-state index contributed by atoms with van der Waals surface area (Å²) in [5.74, 6) is -2.53. The van der Waals surface area contributed by atoms with Crippen molar-refractivity contribution < 1.29 is 28.6 Å². The van der Waals surface area contributed by atoms with Gasteiger partial charge in [0.2, 0.25) is 0 Å². The second-order valence-electron chi connectivity index (χ2n) is 8.05. The Bertz CT molecular complexity index is 1250. The van der Waals surface area contributed by atoms with Gasteiger partial charge in [0, 0.05) is 29.2 Å². The molecule has 1 saturated heterocycles. The van der Waals surface area contributed by atoms with Crippen LogP contribution in [0.2, 0.25) is 0 Å². The molecule has 0 radical (unpaired) electrons. The van der Waals surface area contributed by atoms with Gasteiger partial charge in [-0.3, -0.25) is 9.59 Å². The highest BCUT2D eigenvalue weighted by atomic mass is 19.1. The van der Waals surface area contributed by atoms with Crippen molar-refractivity contribution in [2.24, 2.45) is 0 Å². The first-order chi connectivity index (χ1) is 15.8. The third-order valence-corrected chi connectivity index (χ3v) is 5.66. The van der Waals surface area contributed by atoms with E-state index in [-0.39, 0.29) is 36.1 Å². The van der Waals surface area contributed by atoms with Gasteiger partial charge in [0.15, 0.2) is 0 Å². The summed E-state index contributed by atoms with van der Waals surface area (Å²) in [6.07, 6.45) is 1.66. The third kappa shape index (κ3) is 4.09. The smallest absolute Gasteiger partial charge is 0.295 e. The van der Waals surface area contributed by atoms with E-state index in [9.17, 15) is 19.1 Å². The highest BCUT2D eigenvalue weighted by Crippen LogP contribution is 2.43. The molecule has 2 N–H and O–H groups in total. The number of fused-ring (bicyclic) bond motifs is 1. The molecule has 1 unspecified atom stereocenters. The number of aliphatic hydroxyl groups is 1. The van der Waals surface area contributed by atoms with Crippen LogP contribution in [0.15, 0.2) is 54.2 Å². The number of hydrogen-bond donors (Lipinski definition) is 2. The zero-order valence-electron chi connectivity index (χ0n) is 18.6. The Kier molecular flexibility index (Phi) is 6.20. The number of aliphatic hydroxyl groups excluding tert-OH is 1. The van der Waals surface area contributed by atoms with Gasteiger partial charge in [-0.05, 0) is 38.1 Å². The first kappa shape index (κ1) is 22.5. The molecule has 1 aliphatic heterocycles. The van der Waals surface area contributed by atoms with Gasteiger partial charge >= 0.3 is 0 Å². The normalized spacial score (nSPS) is 18.0. The summed E-state index contributed by atoms with van der Waals surface area (Å²) in [6.45, 7) is 4.11. The van der Waals surface area contributed by atoms with E-state index in [2.05, 4.69) is 4.98 Å². The monoisotopic (exact) mass is 452 g/mol. The van der Waals surface area contributed by atoms with Crippen molar-refractivity contribution in [3.05, 3.63) is 71.2 Å². The molecular weight excluding hydrogens is 427 g/mol. The Labute approximate surface area is 190 Å². The molecule has 0 aliphatic carbocycles. The van der Waals surface area contributed by atoms with Crippen LogP contribution in [0.3, 0.4) is 0 Å². The topological polar surface area (TPSA) is 91.9 Å². The fraction of sp³-hybridized carbons (Fsp3) is 0.280. The maximum atomic E-state index is 14.0. The lowest BCUT2D eigenvalue weighted by molar-refractivity contribution is -0.140. The molecule has 7 nitrogen and oxygen atoms in total. The quantitative estimate of drug-likeness (QED) is 0.319. The van der Waals surface area contributed by atoms with Crippen molar-refractivity contribution in [3.8, 4) is 5.75 Å². The summed E-state index contributed by atoms with van der Waals surface area (Å²) in [5, 5.41) is 12.0. The van der Waals surface area contributed by atoms with Crippen molar-refractivity contribution in [1.29, 1.82) is 0 Å². The first-order valence-corrected chi connectivity index (χ1v) is 10.6. The maximum absolute atomic E-state index is 14.0. The number of halogens is 1. The number of carbonyl (C=O) groups excluding carboxylic acids is 2. The Balaban J connectivity index is 1.91. The lowest BCUT2D eigenvalue weighted by atomic mass is 9.94. The number of benzene rings is 2. The van der Waals surface area contributed by atoms with Crippen molar-refractivity contribution in [2.45, 2.75) is 26.0 Å². The SMILES string of the molecule is COc1ccc(F)cc1/C(O)=C1\C(=O)C(=O)N(CCOC(C)C)C1c1c[nH]c2ccccc12. The molecule has 8 heteroatoms. The summed E-state index contributed by atoms with van der Waals surface area (Å²) in [5.41, 5.74) is 1.34. The highest BCUT2D eigenvalue weighted by molar-refractivity contribution is 6.46. The van der Waals surface area contributed by atoms with Crippen LogP contribution in [0, 0.1) is 5.82 Å². The van der Waals surface area contributed by atoms with E-state index in [4.69, 9.17) is 9.47 Å². The van der Waals surface area contributed by atoms with Gasteiger partial charge < -0.3 is 24.5 Å². The minimum atomic E-state index is -0.884. The minimum absolute atomic E-state index is 0.00114. The van der Waals surface area contributed by atoms with Gasteiger partial charge in [-0.15, -0.1) is 0 Å². The third-order valence-electron chi connectivity index (χ3n) is 5.66. The van der Waals surface area contributed by atoms with Crippen LogP contribution in [0.5, 0.6) is 5.75 Å².